The molecule has 4 aromatic rings. The number of fused-ring (bicyclic) bond motifs is 1. The van der Waals surface area contributed by atoms with Gasteiger partial charge in [0, 0.05) is 62.7 Å². The fraction of sp³-hybridized carbons (Fsp3) is 0.200. The van der Waals surface area contributed by atoms with Gasteiger partial charge in [-0.3, -0.25) is 14.8 Å². The van der Waals surface area contributed by atoms with Gasteiger partial charge >= 0.3 is 0 Å². The molecule has 0 aliphatic heterocycles. The SMILES string of the molecule is CNc1nc2c(Oc3c(F)cc(NC(=O)c4cnccc4OC)cc3F)ccnc2cc1OCCOC. The Morgan fingerprint density at radius 3 is 2.46 bits per heavy atom. The third-order valence-electron chi connectivity index (χ3n) is 5.14. The van der Waals surface area contributed by atoms with E-state index in [4.69, 9.17) is 18.9 Å². The van der Waals surface area contributed by atoms with Crippen LogP contribution in [0.1, 0.15) is 10.4 Å². The third kappa shape index (κ3) is 5.64. The van der Waals surface area contributed by atoms with Gasteiger partial charge in [0.05, 0.1) is 24.8 Å². The van der Waals surface area contributed by atoms with E-state index in [2.05, 4.69) is 25.6 Å². The number of anilines is 2. The first kappa shape index (κ1) is 25.5. The molecule has 3 aromatic heterocycles. The van der Waals surface area contributed by atoms with Gasteiger partial charge in [-0.2, -0.15) is 0 Å². The number of nitrogens with zero attached hydrogens (tertiary/aromatic N) is 3. The fourth-order valence-corrected chi connectivity index (χ4v) is 3.40. The monoisotopic (exact) mass is 511 g/mol. The van der Waals surface area contributed by atoms with Crippen LogP contribution in [0.4, 0.5) is 20.3 Å². The third-order valence-corrected chi connectivity index (χ3v) is 5.14. The molecule has 4 rings (SSSR count). The number of methoxy groups -OCH3 is 2. The Labute approximate surface area is 210 Å². The first-order chi connectivity index (χ1) is 17.9. The van der Waals surface area contributed by atoms with Crippen LogP contribution in [0.2, 0.25) is 0 Å². The maximum absolute atomic E-state index is 14.9. The van der Waals surface area contributed by atoms with Gasteiger partial charge in [-0.1, -0.05) is 0 Å². The number of nitrogens with one attached hydrogen (secondary N) is 2. The molecular formula is C25H23F2N5O5. The Bertz CT molecular complexity index is 1410. The van der Waals surface area contributed by atoms with Crippen LogP contribution in [0.25, 0.3) is 11.0 Å². The van der Waals surface area contributed by atoms with Crippen molar-refractivity contribution < 1.29 is 32.5 Å². The zero-order valence-corrected chi connectivity index (χ0v) is 20.2. The largest absolute Gasteiger partial charge is 0.496 e. The van der Waals surface area contributed by atoms with Crippen LogP contribution in [0.15, 0.2) is 48.9 Å². The van der Waals surface area contributed by atoms with Crippen LogP contribution >= 0.6 is 0 Å². The van der Waals surface area contributed by atoms with Crippen molar-refractivity contribution in [2.45, 2.75) is 0 Å². The second-order valence-electron chi connectivity index (χ2n) is 7.50. The molecule has 10 nitrogen and oxygen atoms in total. The first-order valence-corrected chi connectivity index (χ1v) is 11.0. The highest BCUT2D eigenvalue weighted by Gasteiger charge is 2.19. The van der Waals surface area contributed by atoms with E-state index in [1.54, 1.807) is 20.2 Å². The summed E-state index contributed by atoms with van der Waals surface area (Å²) in [6, 6.07) is 6.44. The molecular weight excluding hydrogens is 488 g/mol. The predicted octanol–water partition coefficient (Wildman–Crippen LogP) is 4.42. The standard InChI is InChI=1S/C25H23F2N5O5/c1-28-24-21(36-9-8-34-2)12-18-22(32-24)20(5-7-30-18)37-23-16(26)10-14(11-17(23)27)31-25(33)15-13-29-6-4-19(15)35-3/h4-7,10-13H,8-9H2,1-3H3,(H,28,32)(H,31,33). The minimum atomic E-state index is -1.04. The van der Waals surface area contributed by atoms with E-state index < -0.39 is 23.3 Å². The normalized spacial score (nSPS) is 10.7. The lowest BCUT2D eigenvalue weighted by molar-refractivity contribution is 0.102. The van der Waals surface area contributed by atoms with Gasteiger partial charge in [0.25, 0.3) is 5.91 Å². The Balaban J connectivity index is 1.61. The van der Waals surface area contributed by atoms with E-state index in [0.717, 1.165) is 12.1 Å². The summed E-state index contributed by atoms with van der Waals surface area (Å²) < 4.78 is 51.3. The zero-order valence-electron chi connectivity index (χ0n) is 20.2. The van der Waals surface area contributed by atoms with Gasteiger partial charge in [-0.25, -0.2) is 13.8 Å². The number of ether oxygens (including phenoxy) is 4. The molecule has 192 valence electrons. The molecule has 0 aliphatic carbocycles. The predicted molar refractivity (Wildman–Crippen MR) is 132 cm³/mol. The number of rotatable bonds is 10. The minimum absolute atomic E-state index is 0.0691. The molecule has 1 aromatic carbocycles. The topological polar surface area (TPSA) is 117 Å². The summed E-state index contributed by atoms with van der Waals surface area (Å²) >= 11 is 0. The molecule has 1 amide bonds. The number of carbonyl (C=O) groups is 1. The summed E-state index contributed by atoms with van der Waals surface area (Å²) in [7, 11) is 4.61. The van der Waals surface area contributed by atoms with Crippen molar-refractivity contribution in [2.24, 2.45) is 0 Å². The molecule has 12 heteroatoms. The summed E-state index contributed by atoms with van der Waals surface area (Å²) in [5, 5.41) is 5.34. The van der Waals surface area contributed by atoms with Crippen LogP contribution in [-0.2, 0) is 4.74 Å². The van der Waals surface area contributed by atoms with Gasteiger partial charge in [0.1, 0.15) is 17.9 Å². The Kier molecular flexibility index (Phi) is 7.89. The van der Waals surface area contributed by atoms with Crippen molar-refractivity contribution in [3.05, 3.63) is 66.1 Å². The van der Waals surface area contributed by atoms with Crippen LogP contribution in [0.3, 0.4) is 0 Å². The number of carbonyl (C=O) groups excluding carboxylic acids is 1. The molecule has 0 unspecified atom stereocenters. The first-order valence-electron chi connectivity index (χ1n) is 11.0. The van der Waals surface area contributed by atoms with Gasteiger partial charge in [0.2, 0.25) is 0 Å². The number of benzene rings is 1. The average Bonchev–Trinajstić information content (AvgIpc) is 2.90. The highest BCUT2D eigenvalue weighted by Crippen LogP contribution is 2.35. The number of hydrogen-bond donors (Lipinski definition) is 2. The van der Waals surface area contributed by atoms with Crippen LogP contribution < -0.4 is 24.8 Å². The molecule has 3 heterocycles. The lowest BCUT2D eigenvalue weighted by Gasteiger charge is -2.14. The molecule has 0 saturated carbocycles. The molecule has 37 heavy (non-hydrogen) atoms. The molecule has 0 fully saturated rings. The quantitative estimate of drug-likeness (QED) is 0.298. The Morgan fingerprint density at radius 2 is 1.76 bits per heavy atom. The number of amides is 1. The molecule has 0 saturated heterocycles. The molecule has 0 aliphatic rings. The van der Waals surface area contributed by atoms with E-state index in [1.807, 2.05) is 0 Å². The summed E-state index contributed by atoms with van der Waals surface area (Å²) in [5.74, 6) is -2.25. The van der Waals surface area contributed by atoms with Crippen molar-refractivity contribution >= 4 is 28.4 Å². The van der Waals surface area contributed by atoms with Gasteiger partial charge in [-0.15, -0.1) is 0 Å². The smallest absolute Gasteiger partial charge is 0.261 e. The lowest BCUT2D eigenvalue weighted by atomic mass is 10.2. The van der Waals surface area contributed by atoms with Crippen LogP contribution in [-0.4, -0.2) is 55.3 Å². The van der Waals surface area contributed by atoms with Crippen LogP contribution in [0, 0.1) is 11.6 Å². The van der Waals surface area contributed by atoms with Crippen molar-refractivity contribution in [3.63, 3.8) is 0 Å². The molecule has 0 atom stereocenters. The number of halogens is 2. The van der Waals surface area contributed by atoms with E-state index in [0.29, 0.717) is 30.3 Å². The number of hydrogen-bond acceptors (Lipinski definition) is 9. The maximum Gasteiger partial charge on any atom is 0.261 e. The summed E-state index contributed by atoms with van der Waals surface area (Å²) in [4.78, 5) is 25.1. The Hall–Kier alpha value is -4.58. The average molecular weight is 511 g/mol. The van der Waals surface area contributed by atoms with Gasteiger partial charge in [0.15, 0.2) is 34.7 Å². The van der Waals surface area contributed by atoms with Crippen molar-refractivity contribution in [1.29, 1.82) is 0 Å². The fourth-order valence-electron chi connectivity index (χ4n) is 3.40. The van der Waals surface area contributed by atoms with Crippen molar-refractivity contribution in [3.8, 4) is 23.0 Å². The van der Waals surface area contributed by atoms with Crippen molar-refractivity contribution in [1.82, 2.24) is 15.0 Å². The van der Waals surface area contributed by atoms with Gasteiger partial charge in [-0.05, 0) is 6.07 Å². The lowest BCUT2D eigenvalue weighted by Crippen LogP contribution is -2.14. The van der Waals surface area contributed by atoms with Gasteiger partial charge < -0.3 is 29.6 Å². The Morgan fingerprint density at radius 1 is 1.00 bits per heavy atom. The molecule has 0 bridgehead atoms. The van der Waals surface area contributed by atoms with E-state index >= 15 is 0 Å². The maximum atomic E-state index is 14.9. The number of aromatic nitrogens is 3. The van der Waals surface area contributed by atoms with E-state index in [9.17, 15) is 13.6 Å². The van der Waals surface area contributed by atoms with Crippen molar-refractivity contribution in [2.75, 3.05) is 45.1 Å². The molecule has 0 spiro atoms. The second kappa shape index (κ2) is 11.4. The zero-order chi connectivity index (χ0) is 26.4. The second-order valence-corrected chi connectivity index (χ2v) is 7.50. The van der Waals surface area contributed by atoms with E-state index in [-0.39, 0.29) is 28.3 Å². The summed E-state index contributed by atoms with van der Waals surface area (Å²) in [6.45, 7) is 0.671. The number of pyridine rings is 3. The molecule has 0 radical (unpaired) electrons. The molecule has 2 N–H and O–H groups in total. The van der Waals surface area contributed by atoms with E-state index in [1.165, 1.54) is 37.8 Å². The minimum Gasteiger partial charge on any atom is -0.496 e. The highest BCUT2D eigenvalue weighted by molar-refractivity contribution is 6.06. The summed E-state index contributed by atoms with van der Waals surface area (Å²) in [6.07, 6.45) is 4.16. The van der Waals surface area contributed by atoms with Crippen LogP contribution in [0.5, 0.6) is 23.0 Å². The summed E-state index contributed by atoms with van der Waals surface area (Å²) in [5.41, 5.74) is 0.627. The highest BCUT2D eigenvalue weighted by atomic mass is 19.1.